The van der Waals surface area contributed by atoms with Gasteiger partial charge in [-0.05, 0) is 18.6 Å². The summed E-state index contributed by atoms with van der Waals surface area (Å²) in [6.07, 6.45) is -0.0714. The van der Waals surface area contributed by atoms with E-state index in [1.165, 1.54) is 14.2 Å². The van der Waals surface area contributed by atoms with Crippen LogP contribution in [-0.4, -0.2) is 31.4 Å². The van der Waals surface area contributed by atoms with E-state index < -0.39 is 18.2 Å². The minimum atomic E-state index is -0.740. The molecule has 0 saturated carbocycles. The van der Waals surface area contributed by atoms with Crippen molar-refractivity contribution in [1.82, 2.24) is 0 Å². The third-order valence-corrected chi connectivity index (χ3v) is 3.26. The molecule has 1 N–H and O–H groups in total. The van der Waals surface area contributed by atoms with Crippen LogP contribution in [-0.2, 0) is 4.74 Å². The lowest BCUT2D eigenvalue weighted by Crippen LogP contribution is -2.18. The number of aliphatic hydroxyl groups is 1. The molecule has 2 unspecified atom stereocenters. The van der Waals surface area contributed by atoms with Crippen LogP contribution < -0.4 is 9.47 Å². The average Bonchev–Trinajstić information content (AvgIpc) is 2.75. The molecular formula is C14H18O5. The van der Waals surface area contributed by atoms with Gasteiger partial charge in [0.15, 0.2) is 17.6 Å². The van der Waals surface area contributed by atoms with Crippen molar-refractivity contribution in [2.45, 2.75) is 32.0 Å². The van der Waals surface area contributed by atoms with E-state index in [1.54, 1.807) is 12.1 Å². The molecule has 104 valence electrons. The predicted molar refractivity (Wildman–Crippen MR) is 68.6 cm³/mol. The molecule has 1 aromatic carbocycles. The Balaban J connectivity index is 2.50. The topological polar surface area (TPSA) is 65.0 Å². The summed E-state index contributed by atoms with van der Waals surface area (Å²) < 4.78 is 15.8. The number of carbonyl (C=O) groups is 1. The van der Waals surface area contributed by atoms with E-state index in [0.29, 0.717) is 29.0 Å². The third kappa shape index (κ3) is 2.26. The number of ether oxygens (including phenoxy) is 3. The maximum absolute atomic E-state index is 11.8. The second-order valence-electron chi connectivity index (χ2n) is 4.44. The van der Waals surface area contributed by atoms with E-state index in [1.807, 2.05) is 6.92 Å². The third-order valence-electron chi connectivity index (χ3n) is 3.26. The van der Waals surface area contributed by atoms with Crippen molar-refractivity contribution in [3.8, 4) is 11.5 Å². The molecule has 5 heteroatoms. The van der Waals surface area contributed by atoms with Gasteiger partial charge in [0.1, 0.15) is 0 Å². The highest BCUT2D eigenvalue weighted by Crippen LogP contribution is 2.44. The number of esters is 1. The van der Waals surface area contributed by atoms with E-state index in [2.05, 4.69) is 0 Å². The van der Waals surface area contributed by atoms with Crippen molar-refractivity contribution >= 4 is 5.97 Å². The van der Waals surface area contributed by atoms with Gasteiger partial charge in [-0.3, -0.25) is 0 Å². The van der Waals surface area contributed by atoms with Crippen LogP contribution in [0.4, 0.5) is 0 Å². The number of methoxy groups -OCH3 is 2. The maximum atomic E-state index is 11.8. The Bertz CT molecular complexity index is 483. The number of hydrogen-bond donors (Lipinski definition) is 1. The number of aliphatic hydroxyl groups excluding tert-OH is 1. The SMILES string of the molecule is CCCC(O)C1OC(=O)c2ccc(OC)c(OC)c21. The van der Waals surface area contributed by atoms with E-state index >= 15 is 0 Å². The molecule has 19 heavy (non-hydrogen) atoms. The Hall–Kier alpha value is -1.75. The Labute approximate surface area is 112 Å². The van der Waals surface area contributed by atoms with Crippen molar-refractivity contribution in [3.63, 3.8) is 0 Å². The van der Waals surface area contributed by atoms with Gasteiger partial charge in [-0.25, -0.2) is 4.79 Å². The Morgan fingerprint density at radius 3 is 2.68 bits per heavy atom. The van der Waals surface area contributed by atoms with E-state index in [0.717, 1.165) is 6.42 Å². The molecule has 1 aromatic rings. The van der Waals surface area contributed by atoms with Crippen LogP contribution in [0.15, 0.2) is 12.1 Å². The Morgan fingerprint density at radius 1 is 1.37 bits per heavy atom. The van der Waals surface area contributed by atoms with Gasteiger partial charge >= 0.3 is 5.97 Å². The highest BCUT2D eigenvalue weighted by molar-refractivity contribution is 5.95. The van der Waals surface area contributed by atoms with Gasteiger partial charge in [-0.15, -0.1) is 0 Å². The van der Waals surface area contributed by atoms with E-state index in [-0.39, 0.29) is 0 Å². The monoisotopic (exact) mass is 266 g/mol. The summed E-state index contributed by atoms with van der Waals surface area (Å²) in [5, 5.41) is 10.1. The smallest absolute Gasteiger partial charge is 0.339 e. The molecule has 1 aliphatic rings. The number of benzene rings is 1. The summed E-state index contributed by atoms with van der Waals surface area (Å²) in [5.74, 6) is 0.537. The van der Waals surface area contributed by atoms with Gasteiger partial charge in [-0.2, -0.15) is 0 Å². The first-order valence-electron chi connectivity index (χ1n) is 6.27. The normalized spacial score (nSPS) is 18.7. The van der Waals surface area contributed by atoms with Gasteiger partial charge in [0.2, 0.25) is 0 Å². The molecule has 0 aliphatic carbocycles. The van der Waals surface area contributed by atoms with Crippen molar-refractivity contribution < 1.29 is 24.1 Å². The molecule has 0 spiro atoms. The molecule has 0 radical (unpaired) electrons. The van der Waals surface area contributed by atoms with Crippen molar-refractivity contribution in [2.75, 3.05) is 14.2 Å². The molecule has 0 saturated heterocycles. The lowest BCUT2D eigenvalue weighted by molar-refractivity contribution is -0.0129. The first kappa shape index (κ1) is 13.7. The highest BCUT2D eigenvalue weighted by Gasteiger charge is 2.39. The molecule has 0 fully saturated rings. The lowest BCUT2D eigenvalue weighted by atomic mass is 9.97. The number of cyclic esters (lactones) is 1. The lowest BCUT2D eigenvalue weighted by Gasteiger charge is -2.20. The number of fused-ring (bicyclic) bond motifs is 1. The fourth-order valence-electron chi connectivity index (χ4n) is 2.37. The molecular weight excluding hydrogens is 248 g/mol. The number of hydrogen-bond acceptors (Lipinski definition) is 5. The number of rotatable bonds is 5. The molecule has 2 rings (SSSR count). The van der Waals surface area contributed by atoms with Crippen LogP contribution in [0.25, 0.3) is 0 Å². The zero-order chi connectivity index (χ0) is 14.0. The first-order valence-corrected chi connectivity index (χ1v) is 6.27. The van der Waals surface area contributed by atoms with Crippen molar-refractivity contribution in [2.24, 2.45) is 0 Å². The van der Waals surface area contributed by atoms with Crippen LogP contribution in [0.5, 0.6) is 11.5 Å². The van der Waals surface area contributed by atoms with Gasteiger partial charge in [-0.1, -0.05) is 13.3 Å². The molecule has 2 atom stereocenters. The fourth-order valence-corrected chi connectivity index (χ4v) is 2.37. The average molecular weight is 266 g/mol. The summed E-state index contributed by atoms with van der Waals surface area (Å²) in [6, 6.07) is 3.30. The molecule has 1 aliphatic heterocycles. The van der Waals surface area contributed by atoms with Gasteiger partial charge < -0.3 is 19.3 Å². The largest absolute Gasteiger partial charge is 0.493 e. The Morgan fingerprint density at radius 2 is 2.11 bits per heavy atom. The Kier molecular flexibility index (Phi) is 3.95. The zero-order valence-corrected chi connectivity index (χ0v) is 11.3. The molecule has 0 bridgehead atoms. The van der Waals surface area contributed by atoms with Crippen LogP contribution in [0.1, 0.15) is 41.8 Å². The zero-order valence-electron chi connectivity index (χ0n) is 11.3. The summed E-state index contributed by atoms with van der Waals surface area (Å²) >= 11 is 0. The van der Waals surface area contributed by atoms with Crippen molar-refractivity contribution in [1.29, 1.82) is 0 Å². The molecule has 0 amide bonds. The van der Waals surface area contributed by atoms with Crippen LogP contribution in [0.2, 0.25) is 0 Å². The summed E-state index contributed by atoms with van der Waals surface area (Å²) in [5.41, 5.74) is 1.01. The molecule has 5 nitrogen and oxygen atoms in total. The minimum absolute atomic E-state index is 0.429. The van der Waals surface area contributed by atoms with Crippen molar-refractivity contribution in [3.05, 3.63) is 23.3 Å². The summed E-state index contributed by atoms with van der Waals surface area (Å²) in [7, 11) is 3.03. The summed E-state index contributed by atoms with van der Waals surface area (Å²) in [6.45, 7) is 1.96. The van der Waals surface area contributed by atoms with Gasteiger partial charge in [0.05, 0.1) is 31.5 Å². The molecule has 1 heterocycles. The van der Waals surface area contributed by atoms with Crippen LogP contribution in [0.3, 0.4) is 0 Å². The number of carbonyl (C=O) groups excluding carboxylic acids is 1. The second kappa shape index (κ2) is 5.48. The first-order chi connectivity index (χ1) is 9.13. The van der Waals surface area contributed by atoms with Crippen LogP contribution in [0, 0.1) is 0 Å². The second-order valence-corrected chi connectivity index (χ2v) is 4.44. The van der Waals surface area contributed by atoms with E-state index in [9.17, 15) is 9.90 Å². The minimum Gasteiger partial charge on any atom is -0.493 e. The van der Waals surface area contributed by atoms with Gasteiger partial charge in [0, 0.05) is 0 Å². The fraction of sp³-hybridized carbons (Fsp3) is 0.500. The quantitative estimate of drug-likeness (QED) is 0.826. The standard InChI is InChI=1S/C14H18O5/c1-4-5-9(15)12-11-8(14(16)19-12)6-7-10(17-2)13(11)18-3/h6-7,9,12,15H,4-5H2,1-3H3. The summed E-state index contributed by atoms with van der Waals surface area (Å²) in [4.78, 5) is 11.8. The molecule has 0 aromatic heterocycles. The maximum Gasteiger partial charge on any atom is 0.339 e. The van der Waals surface area contributed by atoms with E-state index in [4.69, 9.17) is 14.2 Å². The predicted octanol–water partition coefficient (Wildman–Crippen LogP) is 2.08. The van der Waals surface area contributed by atoms with Gasteiger partial charge in [0.25, 0.3) is 0 Å². The highest BCUT2D eigenvalue weighted by atomic mass is 16.6. The van der Waals surface area contributed by atoms with Crippen LogP contribution >= 0.6 is 0 Å².